The number of alkyl halides is 3. The molecule has 110 valence electrons. The average Bonchev–Trinajstić information content (AvgIpc) is 2.53. The minimum atomic E-state index is -4.26. The lowest BCUT2D eigenvalue weighted by atomic mass is 10.3. The molecule has 0 amide bonds. The van der Waals surface area contributed by atoms with Crippen LogP contribution in [0.15, 0.2) is 0 Å². The van der Waals surface area contributed by atoms with Crippen molar-refractivity contribution in [3.05, 3.63) is 5.69 Å². The second kappa shape index (κ2) is 5.71. The molecule has 0 bridgehead atoms. The maximum atomic E-state index is 12.7. The summed E-state index contributed by atoms with van der Waals surface area (Å²) in [5.41, 5.74) is 6.79. The Morgan fingerprint density at radius 1 is 1.37 bits per heavy atom. The molecule has 0 aliphatic heterocycles. The summed E-state index contributed by atoms with van der Waals surface area (Å²) in [4.78, 5) is 1.26. The van der Waals surface area contributed by atoms with E-state index in [1.807, 2.05) is 20.8 Å². The lowest BCUT2D eigenvalue weighted by molar-refractivity contribution is -0.119. The van der Waals surface area contributed by atoms with Crippen molar-refractivity contribution in [2.24, 2.45) is 0 Å². The lowest BCUT2D eigenvalue weighted by Crippen LogP contribution is -2.37. The molecule has 0 atom stereocenters. The highest BCUT2D eigenvalue weighted by atomic mass is 19.4. The number of hydrogen-bond acceptors (Lipinski definition) is 3. The molecular weight excluding hydrogens is 257 g/mol. The minimum Gasteiger partial charge on any atom is -0.394 e. The number of hydrogen-bond donors (Lipinski definition) is 1. The number of nitrogen functional groups attached to an aromatic ring is 1. The zero-order chi connectivity index (χ0) is 14.8. The third kappa shape index (κ3) is 3.78. The molecule has 0 aromatic carbocycles. The second-order valence-electron chi connectivity index (χ2n) is 4.90. The fraction of sp³-hybridized carbons (Fsp3) is 0.750. The molecule has 0 aliphatic rings. The van der Waals surface area contributed by atoms with E-state index in [2.05, 4.69) is 5.10 Å². The molecule has 1 heterocycles. The van der Waals surface area contributed by atoms with E-state index in [0.717, 1.165) is 0 Å². The number of halogens is 3. The van der Waals surface area contributed by atoms with Gasteiger partial charge in [0.25, 0.3) is 0 Å². The van der Waals surface area contributed by atoms with Gasteiger partial charge in [-0.2, -0.15) is 18.3 Å². The van der Waals surface area contributed by atoms with Crippen LogP contribution in [0.4, 0.5) is 24.7 Å². The van der Waals surface area contributed by atoms with E-state index in [-0.39, 0.29) is 6.04 Å². The predicted molar refractivity (Wildman–Crippen MR) is 70.3 cm³/mol. The van der Waals surface area contributed by atoms with E-state index in [1.165, 1.54) is 4.90 Å². The van der Waals surface area contributed by atoms with Gasteiger partial charge in [-0.3, -0.25) is 0 Å². The zero-order valence-electron chi connectivity index (χ0n) is 11.8. The summed E-state index contributed by atoms with van der Waals surface area (Å²) in [5.74, 6) is 0.367. The molecule has 0 aliphatic carbocycles. The van der Waals surface area contributed by atoms with Crippen LogP contribution < -0.4 is 10.6 Å². The van der Waals surface area contributed by atoms with Gasteiger partial charge >= 0.3 is 6.18 Å². The first-order valence-electron chi connectivity index (χ1n) is 6.33. The monoisotopic (exact) mass is 278 g/mol. The molecule has 19 heavy (non-hydrogen) atoms. The molecule has 0 saturated heterocycles. The number of nitrogens with zero attached hydrogens (tertiary/aromatic N) is 3. The van der Waals surface area contributed by atoms with E-state index in [0.29, 0.717) is 30.2 Å². The molecule has 4 nitrogen and oxygen atoms in total. The SMILES string of the molecule is CCCN(CC(F)(F)F)c1c(N)c(C)nn1C(C)C. The quantitative estimate of drug-likeness (QED) is 0.900. The molecule has 0 unspecified atom stereocenters. The summed E-state index contributed by atoms with van der Waals surface area (Å²) in [6.45, 7) is 6.56. The minimum absolute atomic E-state index is 0.0430. The Hall–Kier alpha value is -1.40. The van der Waals surface area contributed by atoms with Gasteiger partial charge in [-0.05, 0) is 27.2 Å². The van der Waals surface area contributed by atoms with Crippen LogP contribution in [0.1, 0.15) is 38.9 Å². The number of nitrogens with two attached hydrogens (primary N) is 1. The molecule has 7 heteroatoms. The summed E-state index contributed by atoms with van der Waals surface area (Å²) < 4.78 is 39.6. The zero-order valence-corrected chi connectivity index (χ0v) is 11.8. The Balaban J connectivity index is 3.21. The first kappa shape index (κ1) is 15.7. The van der Waals surface area contributed by atoms with E-state index in [4.69, 9.17) is 5.73 Å². The van der Waals surface area contributed by atoms with Crippen molar-refractivity contribution in [1.82, 2.24) is 9.78 Å². The summed E-state index contributed by atoms with van der Waals surface area (Å²) in [7, 11) is 0. The standard InChI is InChI=1S/C12H21F3N4/c1-5-6-18(7-12(13,14)15)11-10(16)9(4)17-19(11)8(2)3/h8H,5-7,16H2,1-4H3. The van der Waals surface area contributed by atoms with Gasteiger partial charge in [0.05, 0.1) is 11.4 Å². The Bertz CT molecular complexity index is 423. The first-order valence-corrected chi connectivity index (χ1v) is 6.33. The van der Waals surface area contributed by atoms with Crippen molar-refractivity contribution in [2.75, 3.05) is 23.7 Å². The molecule has 0 spiro atoms. The molecule has 1 aromatic rings. The fourth-order valence-corrected chi connectivity index (χ4v) is 1.97. The highest BCUT2D eigenvalue weighted by Gasteiger charge is 2.33. The van der Waals surface area contributed by atoms with Crippen molar-refractivity contribution in [1.29, 1.82) is 0 Å². The van der Waals surface area contributed by atoms with E-state index in [1.54, 1.807) is 11.6 Å². The summed E-state index contributed by atoms with van der Waals surface area (Å²) in [5, 5.41) is 4.23. The second-order valence-corrected chi connectivity index (χ2v) is 4.90. The molecule has 0 fully saturated rings. The van der Waals surface area contributed by atoms with Crippen LogP contribution in [0.3, 0.4) is 0 Å². The highest BCUT2D eigenvalue weighted by Crippen LogP contribution is 2.31. The smallest absolute Gasteiger partial charge is 0.394 e. The maximum Gasteiger partial charge on any atom is 0.405 e. The highest BCUT2D eigenvalue weighted by molar-refractivity contribution is 5.66. The number of aromatic nitrogens is 2. The molecule has 1 aromatic heterocycles. The summed E-state index contributed by atoms with van der Waals surface area (Å²) >= 11 is 0. The van der Waals surface area contributed by atoms with Gasteiger partial charge in [0.15, 0.2) is 5.82 Å². The van der Waals surface area contributed by atoms with Crippen LogP contribution in [0, 0.1) is 6.92 Å². The maximum absolute atomic E-state index is 12.7. The summed E-state index contributed by atoms with van der Waals surface area (Å²) in [6, 6.07) is -0.0430. The van der Waals surface area contributed by atoms with Crippen LogP contribution in [-0.2, 0) is 0 Å². The number of rotatable bonds is 5. The summed E-state index contributed by atoms with van der Waals surface area (Å²) in [6.07, 6.45) is -3.65. The lowest BCUT2D eigenvalue weighted by Gasteiger charge is -2.27. The third-order valence-corrected chi connectivity index (χ3v) is 2.76. The van der Waals surface area contributed by atoms with Gasteiger partial charge in [0, 0.05) is 12.6 Å². The molecule has 1 rings (SSSR count). The van der Waals surface area contributed by atoms with Crippen LogP contribution in [0.5, 0.6) is 0 Å². The van der Waals surface area contributed by atoms with Gasteiger partial charge in [0.2, 0.25) is 0 Å². The van der Waals surface area contributed by atoms with Crippen molar-refractivity contribution in [3.63, 3.8) is 0 Å². The van der Waals surface area contributed by atoms with Crippen LogP contribution in [0.2, 0.25) is 0 Å². The Labute approximate surface area is 111 Å². The van der Waals surface area contributed by atoms with Crippen molar-refractivity contribution in [3.8, 4) is 0 Å². The number of anilines is 2. The first-order chi connectivity index (χ1) is 8.67. The van der Waals surface area contributed by atoms with Gasteiger partial charge in [0.1, 0.15) is 6.54 Å². The number of aryl methyl sites for hydroxylation is 1. The Kier molecular flexibility index (Phi) is 4.70. The molecular formula is C12H21F3N4. The van der Waals surface area contributed by atoms with Gasteiger partial charge in [-0.1, -0.05) is 6.92 Å². The van der Waals surface area contributed by atoms with Gasteiger partial charge < -0.3 is 10.6 Å². The van der Waals surface area contributed by atoms with Crippen molar-refractivity contribution >= 4 is 11.5 Å². The van der Waals surface area contributed by atoms with E-state index in [9.17, 15) is 13.2 Å². The fourth-order valence-electron chi connectivity index (χ4n) is 1.97. The third-order valence-electron chi connectivity index (χ3n) is 2.76. The van der Waals surface area contributed by atoms with Crippen molar-refractivity contribution in [2.45, 2.75) is 46.3 Å². The topological polar surface area (TPSA) is 47.1 Å². The van der Waals surface area contributed by atoms with E-state index < -0.39 is 12.7 Å². The molecule has 2 N–H and O–H groups in total. The Morgan fingerprint density at radius 2 is 1.95 bits per heavy atom. The predicted octanol–water partition coefficient (Wildman–Crippen LogP) is 3.13. The Morgan fingerprint density at radius 3 is 2.37 bits per heavy atom. The van der Waals surface area contributed by atoms with Gasteiger partial charge in [-0.15, -0.1) is 0 Å². The molecule has 0 radical (unpaired) electrons. The van der Waals surface area contributed by atoms with Gasteiger partial charge in [-0.25, -0.2) is 4.68 Å². The molecule has 0 saturated carbocycles. The van der Waals surface area contributed by atoms with E-state index >= 15 is 0 Å². The largest absolute Gasteiger partial charge is 0.405 e. The van der Waals surface area contributed by atoms with Crippen molar-refractivity contribution < 1.29 is 13.2 Å². The van der Waals surface area contributed by atoms with Crippen LogP contribution in [0.25, 0.3) is 0 Å². The van der Waals surface area contributed by atoms with Crippen LogP contribution >= 0.6 is 0 Å². The normalized spacial score (nSPS) is 12.2. The average molecular weight is 278 g/mol. The van der Waals surface area contributed by atoms with Crippen LogP contribution in [-0.4, -0.2) is 29.0 Å².